The Morgan fingerprint density at radius 1 is 1.17 bits per heavy atom. The second-order valence-corrected chi connectivity index (χ2v) is 4.55. The zero-order valence-corrected chi connectivity index (χ0v) is 11.9. The topological polar surface area (TPSA) is 32.3 Å². The summed E-state index contributed by atoms with van der Waals surface area (Å²) in [6.07, 6.45) is 0. The van der Waals surface area contributed by atoms with Gasteiger partial charge in [0.25, 0.3) is 5.91 Å². The van der Waals surface area contributed by atoms with Crippen LogP contribution in [0.2, 0.25) is 0 Å². The first kappa shape index (κ1) is 14.7. The second-order valence-electron chi connectivity index (χ2n) is 4.55. The number of likely N-dealkylation sites (N-methyl/N-ethyl adjacent to an activating group) is 1. The van der Waals surface area contributed by atoms with Crippen LogP contribution in [0.15, 0.2) is 18.2 Å². The minimum atomic E-state index is 0.0396. The number of carbonyl (C=O) groups excluding carboxylic acids is 1. The highest BCUT2D eigenvalue weighted by atomic mass is 16.1. The Morgan fingerprint density at radius 2 is 1.72 bits per heavy atom. The maximum Gasteiger partial charge on any atom is 0.251 e. The van der Waals surface area contributed by atoms with Gasteiger partial charge in [0, 0.05) is 18.7 Å². The number of carbonyl (C=O) groups is 1. The lowest BCUT2D eigenvalue weighted by molar-refractivity contribution is 0.0947. The molecule has 0 spiro atoms. The predicted molar refractivity (Wildman–Crippen MR) is 76.0 cm³/mol. The lowest BCUT2D eigenvalue weighted by Crippen LogP contribution is -2.35. The molecule has 3 nitrogen and oxygen atoms in total. The van der Waals surface area contributed by atoms with Gasteiger partial charge in [-0.15, -0.1) is 0 Å². The van der Waals surface area contributed by atoms with Crippen LogP contribution in [0.3, 0.4) is 0 Å². The van der Waals surface area contributed by atoms with Crippen molar-refractivity contribution in [3.8, 4) is 0 Å². The van der Waals surface area contributed by atoms with E-state index in [-0.39, 0.29) is 5.91 Å². The standard InChI is InChI=1S/C15H24N2O/c1-5-17(6-2)11-10-16-15(18)14-12(3)8-7-9-13(14)4/h7-9H,5-6,10-11H2,1-4H3,(H,16,18). The number of aryl methyl sites for hydroxylation is 2. The normalized spacial score (nSPS) is 10.7. The lowest BCUT2D eigenvalue weighted by Gasteiger charge is -2.18. The molecular formula is C15H24N2O. The molecule has 0 bridgehead atoms. The molecule has 100 valence electrons. The van der Waals surface area contributed by atoms with E-state index < -0.39 is 0 Å². The molecule has 1 amide bonds. The molecular weight excluding hydrogens is 224 g/mol. The van der Waals surface area contributed by atoms with Crippen molar-refractivity contribution < 1.29 is 4.79 Å². The highest BCUT2D eigenvalue weighted by Crippen LogP contribution is 2.12. The third kappa shape index (κ3) is 3.84. The molecule has 1 rings (SSSR count). The van der Waals surface area contributed by atoms with Crippen LogP contribution in [0.25, 0.3) is 0 Å². The van der Waals surface area contributed by atoms with Crippen LogP contribution >= 0.6 is 0 Å². The molecule has 0 heterocycles. The molecule has 0 aromatic heterocycles. The van der Waals surface area contributed by atoms with Crippen LogP contribution in [0, 0.1) is 13.8 Å². The molecule has 0 radical (unpaired) electrons. The molecule has 0 atom stereocenters. The van der Waals surface area contributed by atoms with Gasteiger partial charge in [-0.3, -0.25) is 4.79 Å². The van der Waals surface area contributed by atoms with Gasteiger partial charge in [-0.1, -0.05) is 32.0 Å². The highest BCUT2D eigenvalue weighted by molar-refractivity contribution is 5.97. The zero-order valence-electron chi connectivity index (χ0n) is 11.9. The largest absolute Gasteiger partial charge is 0.351 e. The highest BCUT2D eigenvalue weighted by Gasteiger charge is 2.11. The lowest BCUT2D eigenvalue weighted by atomic mass is 10.0. The number of rotatable bonds is 6. The molecule has 18 heavy (non-hydrogen) atoms. The summed E-state index contributed by atoms with van der Waals surface area (Å²) in [5.74, 6) is 0.0396. The fourth-order valence-corrected chi connectivity index (χ4v) is 2.13. The Hall–Kier alpha value is -1.35. The first-order valence-corrected chi connectivity index (χ1v) is 6.66. The summed E-state index contributed by atoms with van der Waals surface area (Å²) in [5, 5.41) is 3.00. The Bertz CT molecular complexity index is 377. The first-order valence-electron chi connectivity index (χ1n) is 6.66. The summed E-state index contributed by atoms with van der Waals surface area (Å²) in [6.45, 7) is 11.9. The van der Waals surface area contributed by atoms with E-state index in [1.807, 2.05) is 32.0 Å². The Labute approximate surface area is 110 Å². The van der Waals surface area contributed by atoms with E-state index >= 15 is 0 Å². The molecule has 0 aliphatic heterocycles. The molecule has 0 aliphatic carbocycles. The minimum absolute atomic E-state index is 0.0396. The van der Waals surface area contributed by atoms with E-state index in [1.165, 1.54) is 0 Å². The summed E-state index contributed by atoms with van der Waals surface area (Å²) in [4.78, 5) is 14.4. The van der Waals surface area contributed by atoms with Gasteiger partial charge < -0.3 is 10.2 Å². The maximum atomic E-state index is 12.1. The van der Waals surface area contributed by atoms with E-state index in [0.29, 0.717) is 6.54 Å². The van der Waals surface area contributed by atoms with E-state index in [1.54, 1.807) is 0 Å². The Balaban J connectivity index is 2.56. The average Bonchev–Trinajstić information content (AvgIpc) is 2.34. The maximum absolute atomic E-state index is 12.1. The second kappa shape index (κ2) is 7.17. The summed E-state index contributed by atoms with van der Waals surface area (Å²) in [6, 6.07) is 5.94. The van der Waals surface area contributed by atoms with Crippen LogP contribution in [-0.2, 0) is 0 Å². The Morgan fingerprint density at radius 3 is 2.22 bits per heavy atom. The predicted octanol–water partition coefficient (Wildman–Crippen LogP) is 2.38. The summed E-state index contributed by atoms with van der Waals surface area (Å²) in [7, 11) is 0. The van der Waals surface area contributed by atoms with Gasteiger partial charge in [-0.05, 0) is 38.1 Å². The molecule has 1 aromatic carbocycles. The molecule has 0 fully saturated rings. The van der Waals surface area contributed by atoms with Crippen molar-refractivity contribution >= 4 is 5.91 Å². The molecule has 1 N–H and O–H groups in total. The molecule has 3 heteroatoms. The van der Waals surface area contributed by atoms with Crippen molar-refractivity contribution in [3.63, 3.8) is 0 Å². The minimum Gasteiger partial charge on any atom is -0.351 e. The van der Waals surface area contributed by atoms with Crippen molar-refractivity contribution in [1.29, 1.82) is 0 Å². The van der Waals surface area contributed by atoms with Crippen LogP contribution in [0.5, 0.6) is 0 Å². The summed E-state index contributed by atoms with van der Waals surface area (Å²) in [5.41, 5.74) is 2.89. The van der Waals surface area contributed by atoms with E-state index in [4.69, 9.17) is 0 Å². The summed E-state index contributed by atoms with van der Waals surface area (Å²) >= 11 is 0. The van der Waals surface area contributed by atoms with Gasteiger partial charge in [-0.2, -0.15) is 0 Å². The number of nitrogens with one attached hydrogen (secondary N) is 1. The number of amides is 1. The van der Waals surface area contributed by atoms with Gasteiger partial charge in [-0.25, -0.2) is 0 Å². The third-order valence-electron chi connectivity index (χ3n) is 3.32. The van der Waals surface area contributed by atoms with Gasteiger partial charge in [0.1, 0.15) is 0 Å². The SMILES string of the molecule is CCN(CC)CCNC(=O)c1c(C)cccc1C. The van der Waals surface area contributed by atoms with Crippen LogP contribution in [-0.4, -0.2) is 37.0 Å². The van der Waals surface area contributed by atoms with Crippen LogP contribution < -0.4 is 5.32 Å². The van der Waals surface area contributed by atoms with Crippen molar-refractivity contribution in [2.24, 2.45) is 0 Å². The number of benzene rings is 1. The molecule has 0 aliphatic rings. The van der Waals surface area contributed by atoms with Gasteiger partial charge in [0.15, 0.2) is 0 Å². The van der Waals surface area contributed by atoms with Crippen molar-refractivity contribution in [2.45, 2.75) is 27.7 Å². The molecule has 0 saturated carbocycles. The van der Waals surface area contributed by atoms with E-state index in [0.717, 1.165) is 36.3 Å². The fourth-order valence-electron chi connectivity index (χ4n) is 2.13. The number of nitrogens with zero attached hydrogens (tertiary/aromatic N) is 1. The fraction of sp³-hybridized carbons (Fsp3) is 0.533. The van der Waals surface area contributed by atoms with Crippen LogP contribution in [0.1, 0.15) is 35.3 Å². The molecule has 0 unspecified atom stereocenters. The zero-order chi connectivity index (χ0) is 13.5. The van der Waals surface area contributed by atoms with Crippen LogP contribution in [0.4, 0.5) is 0 Å². The monoisotopic (exact) mass is 248 g/mol. The van der Waals surface area contributed by atoms with Crippen molar-refractivity contribution in [1.82, 2.24) is 10.2 Å². The third-order valence-corrected chi connectivity index (χ3v) is 3.32. The smallest absolute Gasteiger partial charge is 0.251 e. The average molecular weight is 248 g/mol. The first-order chi connectivity index (χ1) is 8.60. The van der Waals surface area contributed by atoms with Crippen molar-refractivity contribution in [3.05, 3.63) is 34.9 Å². The Kier molecular flexibility index (Phi) is 5.86. The number of hydrogen-bond acceptors (Lipinski definition) is 2. The molecule has 1 aromatic rings. The quantitative estimate of drug-likeness (QED) is 0.838. The number of hydrogen-bond donors (Lipinski definition) is 1. The summed E-state index contributed by atoms with van der Waals surface area (Å²) < 4.78 is 0. The van der Waals surface area contributed by atoms with E-state index in [9.17, 15) is 4.79 Å². The van der Waals surface area contributed by atoms with Gasteiger partial charge in [0.2, 0.25) is 0 Å². The van der Waals surface area contributed by atoms with Gasteiger partial charge >= 0.3 is 0 Å². The van der Waals surface area contributed by atoms with Gasteiger partial charge in [0.05, 0.1) is 0 Å². The van der Waals surface area contributed by atoms with Crippen molar-refractivity contribution in [2.75, 3.05) is 26.2 Å². The molecule has 0 saturated heterocycles. The van der Waals surface area contributed by atoms with E-state index in [2.05, 4.69) is 24.1 Å².